The Bertz CT molecular complexity index is 729. The van der Waals surface area contributed by atoms with E-state index in [2.05, 4.69) is 35.8 Å². The van der Waals surface area contributed by atoms with Crippen LogP contribution in [0.25, 0.3) is 6.08 Å². The van der Waals surface area contributed by atoms with E-state index in [-0.39, 0.29) is 12.1 Å². The molecule has 3 aliphatic rings. The Balaban J connectivity index is 1.34. The molecule has 0 spiro atoms. The number of fused-ring (bicyclic) bond motifs is 2. The number of benzene rings is 1. The van der Waals surface area contributed by atoms with Crippen molar-refractivity contribution < 1.29 is 9.53 Å². The van der Waals surface area contributed by atoms with Crippen LogP contribution in [0.15, 0.2) is 30.3 Å². The topological polar surface area (TPSA) is 32.8 Å². The second-order valence-electron chi connectivity index (χ2n) is 9.49. The molecule has 4 rings (SSSR count). The molecule has 0 saturated carbocycles. The molecule has 0 aliphatic carbocycles. The molecule has 0 bridgehead atoms. The van der Waals surface area contributed by atoms with Crippen LogP contribution in [0.1, 0.15) is 69.4 Å². The third-order valence-electron chi connectivity index (χ3n) is 7.47. The van der Waals surface area contributed by atoms with Crippen LogP contribution in [0.2, 0.25) is 0 Å². The van der Waals surface area contributed by atoms with Gasteiger partial charge in [-0.2, -0.15) is 0 Å². The first-order valence-electron chi connectivity index (χ1n) is 12.1. The van der Waals surface area contributed by atoms with Gasteiger partial charge in [0.25, 0.3) is 0 Å². The van der Waals surface area contributed by atoms with Gasteiger partial charge in [-0.15, -0.1) is 0 Å². The molecular weight excluding hydrogens is 372 g/mol. The first-order chi connectivity index (χ1) is 14.6. The molecule has 0 amide bonds. The number of hydrogen-bond acceptors (Lipinski definition) is 4. The lowest BCUT2D eigenvalue weighted by atomic mass is 9.87. The van der Waals surface area contributed by atoms with Crippen molar-refractivity contribution in [3.63, 3.8) is 0 Å². The number of carbonyl (C=O) groups excluding carboxylic acids is 1. The lowest BCUT2D eigenvalue weighted by molar-refractivity contribution is -0.147. The molecule has 3 fully saturated rings. The predicted octanol–water partition coefficient (Wildman–Crippen LogP) is 4.81. The van der Waals surface area contributed by atoms with Crippen LogP contribution < -0.4 is 0 Å². The van der Waals surface area contributed by atoms with Gasteiger partial charge in [0.2, 0.25) is 0 Å². The van der Waals surface area contributed by atoms with Crippen LogP contribution in [0.4, 0.5) is 0 Å². The van der Waals surface area contributed by atoms with E-state index in [0.29, 0.717) is 12.1 Å². The SMILES string of the molecule is CC[C@@H]1C[C@H]2CCCCN2CC[C@@H]2CC(OC(=O)/C=C\c3ccc(C)cc3)CCN21. The highest BCUT2D eigenvalue weighted by Gasteiger charge is 2.38. The molecule has 1 aromatic rings. The van der Waals surface area contributed by atoms with Gasteiger partial charge >= 0.3 is 5.97 Å². The first kappa shape index (κ1) is 21.6. The van der Waals surface area contributed by atoms with Gasteiger partial charge in [0.1, 0.15) is 6.10 Å². The van der Waals surface area contributed by atoms with E-state index in [1.54, 1.807) is 6.08 Å². The smallest absolute Gasteiger partial charge is 0.331 e. The molecule has 0 aromatic heterocycles. The number of carbonyl (C=O) groups is 1. The van der Waals surface area contributed by atoms with Crippen molar-refractivity contribution in [1.29, 1.82) is 0 Å². The zero-order valence-corrected chi connectivity index (χ0v) is 18.8. The van der Waals surface area contributed by atoms with Crippen molar-refractivity contribution in [3.05, 3.63) is 41.5 Å². The van der Waals surface area contributed by atoms with Crippen molar-refractivity contribution >= 4 is 12.0 Å². The lowest BCUT2D eigenvalue weighted by Crippen LogP contribution is -2.56. The number of ether oxygens (including phenoxy) is 1. The second kappa shape index (κ2) is 10.1. The van der Waals surface area contributed by atoms with E-state index < -0.39 is 0 Å². The summed E-state index contributed by atoms with van der Waals surface area (Å²) in [5, 5.41) is 0. The Kier molecular flexibility index (Phi) is 7.27. The molecule has 3 saturated heterocycles. The predicted molar refractivity (Wildman–Crippen MR) is 122 cm³/mol. The summed E-state index contributed by atoms with van der Waals surface area (Å²) in [7, 11) is 0. The molecule has 1 unspecified atom stereocenters. The Morgan fingerprint density at radius 1 is 1.03 bits per heavy atom. The summed E-state index contributed by atoms with van der Waals surface area (Å²) in [6, 6.07) is 10.2. The van der Waals surface area contributed by atoms with Crippen LogP contribution in [-0.4, -0.2) is 59.6 Å². The Labute approximate surface area is 182 Å². The minimum atomic E-state index is -0.206. The zero-order valence-electron chi connectivity index (χ0n) is 18.8. The number of hydrogen-bond donors (Lipinski definition) is 0. The fourth-order valence-electron chi connectivity index (χ4n) is 5.74. The van der Waals surface area contributed by atoms with Gasteiger partial charge in [0, 0.05) is 37.2 Å². The Morgan fingerprint density at radius 2 is 1.87 bits per heavy atom. The summed E-state index contributed by atoms with van der Waals surface area (Å²) in [5.74, 6) is -0.206. The highest BCUT2D eigenvalue weighted by Crippen LogP contribution is 2.33. The summed E-state index contributed by atoms with van der Waals surface area (Å²) in [6.45, 7) is 7.96. The van der Waals surface area contributed by atoms with Crippen LogP contribution in [0, 0.1) is 6.92 Å². The quantitative estimate of drug-likeness (QED) is 0.527. The monoisotopic (exact) mass is 410 g/mol. The van der Waals surface area contributed by atoms with E-state index >= 15 is 0 Å². The zero-order chi connectivity index (χ0) is 20.9. The summed E-state index contributed by atoms with van der Waals surface area (Å²) >= 11 is 0. The van der Waals surface area contributed by atoms with Crippen molar-refractivity contribution in [1.82, 2.24) is 9.80 Å². The average molecular weight is 411 g/mol. The minimum Gasteiger partial charge on any atom is -0.459 e. The maximum atomic E-state index is 12.4. The lowest BCUT2D eigenvalue weighted by Gasteiger charge is -2.49. The highest BCUT2D eigenvalue weighted by molar-refractivity contribution is 5.87. The third kappa shape index (κ3) is 5.33. The number of esters is 1. The van der Waals surface area contributed by atoms with Crippen molar-refractivity contribution in [2.45, 2.75) is 89.4 Å². The molecule has 0 radical (unpaired) electrons. The molecule has 3 aliphatic heterocycles. The largest absolute Gasteiger partial charge is 0.459 e. The van der Waals surface area contributed by atoms with Crippen molar-refractivity contribution in [2.24, 2.45) is 0 Å². The summed E-state index contributed by atoms with van der Waals surface area (Å²) in [4.78, 5) is 17.9. The molecule has 1 aromatic carbocycles. The van der Waals surface area contributed by atoms with Gasteiger partial charge in [-0.25, -0.2) is 4.79 Å². The summed E-state index contributed by atoms with van der Waals surface area (Å²) < 4.78 is 5.87. The fraction of sp³-hybridized carbons (Fsp3) is 0.654. The average Bonchev–Trinajstić information content (AvgIpc) is 2.75. The fourth-order valence-corrected chi connectivity index (χ4v) is 5.74. The molecule has 0 N–H and O–H groups in total. The van der Waals surface area contributed by atoms with Gasteiger partial charge in [0.15, 0.2) is 0 Å². The molecule has 4 atom stereocenters. The van der Waals surface area contributed by atoms with Crippen LogP contribution in [0.3, 0.4) is 0 Å². The first-order valence-corrected chi connectivity index (χ1v) is 12.1. The van der Waals surface area contributed by atoms with Crippen molar-refractivity contribution in [3.8, 4) is 0 Å². The summed E-state index contributed by atoms with van der Waals surface area (Å²) in [6.07, 6.45) is 13.3. The van der Waals surface area contributed by atoms with Gasteiger partial charge in [-0.1, -0.05) is 43.2 Å². The number of piperidine rings is 2. The molecule has 30 heavy (non-hydrogen) atoms. The van der Waals surface area contributed by atoms with E-state index in [1.165, 1.54) is 57.2 Å². The second-order valence-corrected chi connectivity index (χ2v) is 9.49. The molecule has 3 heterocycles. The van der Waals surface area contributed by atoms with Gasteiger partial charge in [0.05, 0.1) is 0 Å². The maximum absolute atomic E-state index is 12.4. The number of rotatable bonds is 4. The maximum Gasteiger partial charge on any atom is 0.331 e. The van der Waals surface area contributed by atoms with Gasteiger partial charge in [-0.3, -0.25) is 4.90 Å². The Morgan fingerprint density at radius 3 is 2.67 bits per heavy atom. The standard InChI is InChI=1S/C26H38N2O2/c1-3-22-18-23-6-4-5-15-27(23)16-13-24-19-25(14-17-28(22)24)30-26(29)12-11-21-9-7-20(2)8-10-21/h7-12,22-25H,3-6,13-19H2,1-2H3/b12-11-/t22-,23-,24-,25?/m1/s1. The summed E-state index contributed by atoms with van der Waals surface area (Å²) in [5.41, 5.74) is 2.26. The van der Waals surface area contributed by atoms with E-state index in [0.717, 1.165) is 31.0 Å². The normalized spacial score (nSPS) is 30.9. The minimum absolute atomic E-state index is 0.0514. The third-order valence-corrected chi connectivity index (χ3v) is 7.47. The molecule has 164 valence electrons. The molecule has 4 heteroatoms. The van der Waals surface area contributed by atoms with Crippen LogP contribution in [0.5, 0.6) is 0 Å². The van der Waals surface area contributed by atoms with E-state index in [4.69, 9.17) is 4.74 Å². The van der Waals surface area contributed by atoms with E-state index in [9.17, 15) is 4.79 Å². The Hall–Kier alpha value is -1.65. The van der Waals surface area contributed by atoms with Crippen molar-refractivity contribution in [2.75, 3.05) is 19.6 Å². The van der Waals surface area contributed by atoms with Crippen LogP contribution in [-0.2, 0) is 9.53 Å². The van der Waals surface area contributed by atoms with Gasteiger partial charge in [-0.05, 0) is 70.2 Å². The van der Waals surface area contributed by atoms with Crippen LogP contribution >= 0.6 is 0 Å². The van der Waals surface area contributed by atoms with Gasteiger partial charge < -0.3 is 9.64 Å². The number of aryl methyl sites for hydroxylation is 1. The molecule has 4 nitrogen and oxygen atoms in total. The molecular formula is C26H38N2O2. The highest BCUT2D eigenvalue weighted by atomic mass is 16.5. The number of nitrogens with zero attached hydrogens (tertiary/aromatic N) is 2. The van der Waals surface area contributed by atoms with E-state index in [1.807, 2.05) is 18.2 Å².